The molecule has 0 radical (unpaired) electrons. The molecule has 1 aliphatic rings. The van der Waals surface area contributed by atoms with E-state index in [2.05, 4.69) is 22.7 Å². The maximum atomic E-state index is 12.2. The maximum absolute atomic E-state index is 12.2. The van der Waals surface area contributed by atoms with Crippen LogP contribution >= 0.6 is 0 Å². The second-order valence-corrected chi connectivity index (χ2v) is 6.03. The summed E-state index contributed by atoms with van der Waals surface area (Å²) in [5, 5.41) is 0. The summed E-state index contributed by atoms with van der Waals surface area (Å²) in [6.45, 7) is 0.364. The molecular formula is C22H20F2O3. The third-order valence-electron chi connectivity index (χ3n) is 4.02. The van der Waals surface area contributed by atoms with Crippen LogP contribution in [0.15, 0.2) is 60.7 Å². The molecule has 0 aliphatic carbocycles. The molecule has 1 saturated heterocycles. The molecule has 2 aromatic carbocycles. The lowest BCUT2D eigenvalue weighted by Gasteiger charge is -2.24. The molecule has 0 atom stereocenters. The molecule has 3 rings (SSSR count). The van der Waals surface area contributed by atoms with Gasteiger partial charge in [-0.05, 0) is 48.2 Å². The van der Waals surface area contributed by atoms with E-state index in [-0.39, 0.29) is 11.7 Å². The summed E-state index contributed by atoms with van der Waals surface area (Å²) in [6, 6.07) is 14.2. The fourth-order valence-electron chi connectivity index (χ4n) is 2.70. The van der Waals surface area contributed by atoms with E-state index in [1.54, 1.807) is 12.1 Å². The Morgan fingerprint density at radius 3 is 2.15 bits per heavy atom. The van der Waals surface area contributed by atoms with Crippen molar-refractivity contribution in [2.45, 2.75) is 19.8 Å². The maximum Gasteiger partial charge on any atom is 0.387 e. The molecule has 0 amide bonds. The van der Waals surface area contributed by atoms with Crippen LogP contribution in [-0.2, 0) is 9.47 Å². The van der Waals surface area contributed by atoms with Gasteiger partial charge in [0.25, 0.3) is 0 Å². The molecule has 5 heteroatoms. The van der Waals surface area contributed by atoms with Crippen molar-refractivity contribution >= 4 is 0 Å². The van der Waals surface area contributed by atoms with Crippen LogP contribution < -0.4 is 4.74 Å². The average molecular weight is 370 g/mol. The molecule has 0 bridgehead atoms. The smallest absolute Gasteiger partial charge is 0.387 e. The molecule has 27 heavy (non-hydrogen) atoms. The quantitative estimate of drug-likeness (QED) is 0.568. The molecule has 0 aromatic heterocycles. The number of ether oxygens (including phenoxy) is 3. The Hall–Kier alpha value is -2.68. The van der Waals surface area contributed by atoms with E-state index in [4.69, 9.17) is 9.47 Å². The zero-order valence-electron chi connectivity index (χ0n) is 14.9. The van der Waals surface area contributed by atoms with Gasteiger partial charge in [-0.2, -0.15) is 8.78 Å². The Balaban J connectivity index is 1.60. The number of rotatable bonds is 4. The number of hydrogen-bond acceptors (Lipinski definition) is 3. The van der Waals surface area contributed by atoms with Crippen molar-refractivity contribution in [1.82, 2.24) is 0 Å². The van der Waals surface area contributed by atoms with Gasteiger partial charge in [-0.1, -0.05) is 42.3 Å². The normalized spacial score (nSPS) is 19.7. The zero-order valence-corrected chi connectivity index (χ0v) is 14.9. The molecule has 1 fully saturated rings. The third kappa shape index (κ3) is 5.65. The Morgan fingerprint density at radius 1 is 1.00 bits per heavy atom. The molecule has 2 aromatic rings. The Labute approximate surface area is 157 Å². The van der Waals surface area contributed by atoms with Crippen molar-refractivity contribution in [1.29, 1.82) is 0 Å². The number of allylic oxidation sites excluding steroid dienone is 1. The highest BCUT2D eigenvalue weighted by atomic mass is 19.3. The first-order chi connectivity index (χ1) is 13.1. The predicted octanol–water partition coefficient (Wildman–Crippen LogP) is 4.87. The van der Waals surface area contributed by atoms with Gasteiger partial charge in [-0.25, -0.2) is 0 Å². The largest absolute Gasteiger partial charge is 0.435 e. The molecular weight excluding hydrogens is 350 g/mol. The Morgan fingerprint density at radius 2 is 1.59 bits per heavy atom. The van der Waals surface area contributed by atoms with E-state index in [0.29, 0.717) is 13.2 Å². The molecule has 0 N–H and O–H groups in total. The summed E-state index contributed by atoms with van der Waals surface area (Å²) in [6.07, 6.45) is 3.55. The van der Waals surface area contributed by atoms with Gasteiger partial charge in [-0.3, -0.25) is 0 Å². The van der Waals surface area contributed by atoms with Crippen LogP contribution in [0, 0.1) is 17.8 Å². The minimum atomic E-state index is -2.82. The number of alkyl halides is 2. The number of halogens is 2. The highest BCUT2D eigenvalue weighted by molar-refractivity contribution is 5.65. The standard InChI is InChI=1S/C22H20F2O3/c1-2-3-17-14-25-21(26-15-17)13-6-16-4-7-18(8-5-16)19-9-11-20(12-10-19)27-22(23)24/h2-5,7-12,17,21-22H,14-15H2,1H3. The first-order valence-corrected chi connectivity index (χ1v) is 8.67. The minimum Gasteiger partial charge on any atom is -0.435 e. The van der Waals surface area contributed by atoms with E-state index in [0.717, 1.165) is 16.7 Å². The highest BCUT2D eigenvalue weighted by Gasteiger charge is 2.18. The summed E-state index contributed by atoms with van der Waals surface area (Å²) in [4.78, 5) is 0. The lowest BCUT2D eigenvalue weighted by Crippen LogP contribution is -2.30. The van der Waals surface area contributed by atoms with E-state index in [1.165, 1.54) is 12.1 Å². The second-order valence-electron chi connectivity index (χ2n) is 6.03. The lowest BCUT2D eigenvalue weighted by molar-refractivity contribution is -0.160. The topological polar surface area (TPSA) is 27.7 Å². The lowest BCUT2D eigenvalue weighted by atomic mass is 10.0. The summed E-state index contributed by atoms with van der Waals surface area (Å²) in [5.74, 6) is 6.45. The summed E-state index contributed by atoms with van der Waals surface area (Å²) < 4.78 is 39.9. The van der Waals surface area contributed by atoms with Crippen LogP contribution in [0.1, 0.15) is 12.5 Å². The first-order valence-electron chi connectivity index (χ1n) is 8.67. The van der Waals surface area contributed by atoms with Gasteiger partial charge in [0.2, 0.25) is 6.29 Å². The first kappa shape index (κ1) is 19.1. The molecule has 0 saturated carbocycles. The predicted molar refractivity (Wildman–Crippen MR) is 99.4 cm³/mol. The minimum absolute atomic E-state index is 0.139. The SMILES string of the molecule is CC=CC1COC(C#Cc2ccc(-c3ccc(OC(F)F)cc3)cc2)OC1. The summed E-state index contributed by atoms with van der Waals surface area (Å²) in [5.41, 5.74) is 2.72. The van der Waals surface area contributed by atoms with Crippen LogP contribution in [0.25, 0.3) is 11.1 Å². The van der Waals surface area contributed by atoms with Gasteiger partial charge in [0, 0.05) is 11.5 Å². The van der Waals surface area contributed by atoms with Gasteiger partial charge < -0.3 is 14.2 Å². The van der Waals surface area contributed by atoms with Crippen LogP contribution in [0.4, 0.5) is 8.78 Å². The van der Waals surface area contributed by atoms with Crippen molar-refractivity contribution in [2.75, 3.05) is 13.2 Å². The van der Waals surface area contributed by atoms with Crippen molar-refractivity contribution in [3.8, 4) is 28.7 Å². The van der Waals surface area contributed by atoms with Crippen molar-refractivity contribution in [3.63, 3.8) is 0 Å². The fraction of sp³-hybridized carbons (Fsp3) is 0.273. The third-order valence-corrected chi connectivity index (χ3v) is 4.02. The molecule has 1 heterocycles. The van der Waals surface area contributed by atoms with Crippen LogP contribution in [0.2, 0.25) is 0 Å². The van der Waals surface area contributed by atoms with Gasteiger partial charge >= 0.3 is 6.61 Å². The van der Waals surface area contributed by atoms with Gasteiger partial charge in [0.05, 0.1) is 13.2 Å². The second kappa shape index (κ2) is 9.31. The molecule has 3 nitrogen and oxygen atoms in total. The van der Waals surface area contributed by atoms with Gasteiger partial charge in [0.1, 0.15) is 5.75 Å². The van der Waals surface area contributed by atoms with Crippen LogP contribution in [-0.4, -0.2) is 26.1 Å². The molecule has 0 spiro atoms. The summed E-state index contributed by atoms with van der Waals surface area (Å²) >= 11 is 0. The van der Waals surface area contributed by atoms with Crippen LogP contribution in [0.5, 0.6) is 5.75 Å². The zero-order chi connectivity index (χ0) is 19.1. The van der Waals surface area contributed by atoms with Gasteiger partial charge in [0.15, 0.2) is 0 Å². The number of benzene rings is 2. The fourth-order valence-corrected chi connectivity index (χ4v) is 2.70. The van der Waals surface area contributed by atoms with Crippen molar-refractivity contribution < 1.29 is 23.0 Å². The summed E-state index contributed by atoms with van der Waals surface area (Å²) in [7, 11) is 0. The average Bonchev–Trinajstić information content (AvgIpc) is 2.68. The Kier molecular flexibility index (Phi) is 6.59. The molecule has 1 aliphatic heterocycles. The highest BCUT2D eigenvalue weighted by Crippen LogP contribution is 2.23. The van der Waals surface area contributed by atoms with Crippen molar-refractivity contribution in [3.05, 3.63) is 66.2 Å². The number of hydrogen-bond donors (Lipinski definition) is 0. The molecule has 140 valence electrons. The van der Waals surface area contributed by atoms with E-state index in [9.17, 15) is 8.78 Å². The van der Waals surface area contributed by atoms with E-state index >= 15 is 0 Å². The van der Waals surface area contributed by atoms with E-state index < -0.39 is 12.9 Å². The molecule has 0 unspecified atom stereocenters. The van der Waals surface area contributed by atoms with Crippen LogP contribution in [0.3, 0.4) is 0 Å². The van der Waals surface area contributed by atoms with E-state index in [1.807, 2.05) is 37.3 Å². The van der Waals surface area contributed by atoms with Gasteiger partial charge in [-0.15, -0.1) is 0 Å². The Bertz CT molecular complexity index is 809. The monoisotopic (exact) mass is 370 g/mol. The van der Waals surface area contributed by atoms with Crippen molar-refractivity contribution in [2.24, 2.45) is 5.92 Å².